The monoisotopic (exact) mass is 548 g/mol. The van der Waals surface area contributed by atoms with Crippen molar-refractivity contribution in [3.8, 4) is 0 Å². The molecule has 0 radical (unpaired) electrons. The van der Waals surface area contributed by atoms with Gasteiger partial charge >= 0.3 is 0 Å². The first-order chi connectivity index (χ1) is 18.5. The minimum Gasteiger partial charge on any atom is -0.372 e. The Morgan fingerprint density at radius 1 is 1.23 bits per heavy atom. The van der Waals surface area contributed by atoms with Crippen molar-refractivity contribution in [2.75, 3.05) is 25.0 Å². The fourth-order valence-electron chi connectivity index (χ4n) is 5.35. The topological polar surface area (TPSA) is 112 Å². The quantitative estimate of drug-likeness (QED) is 0.324. The standard InChI is InChI=1S/C29H33ClN6O3/c1-16-6-9-32-18(3)25(16)28(38)33-17(2)13-36-15-29(4,5)39-14-24(36)27(37)35-22-11-19(30)10-21-20-7-8-31-12-23(20)34-26(21)22/h6-12,17,24,34H,13-15H2,1-5H3,(H,33,38)(H,35,37). The van der Waals surface area contributed by atoms with Crippen LogP contribution in [0.25, 0.3) is 21.8 Å². The maximum atomic E-state index is 13.7. The highest BCUT2D eigenvalue weighted by atomic mass is 35.5. The number of rotatable bonds is 6. The van der Waals surface area contributed by atoms with E-state index in [4.69, 9.17) is 16.3 Å². The van der Waals surface area contributed by atoms with E-state index in [1.807, 2.05) is 52.8 Å². The van der Waals surface area contributed by atoms with Crippen molar-refractivity contribution in [1.29, 1.82) is 0 Å². The Bertz CT molecular complexity index is 1550. The third-order valence-corrected chi connectivity index (χ3v) is 7.37. The molecule has 1 aromatic carbocycles. The fourth-order valence-corrected chi connectivity index (χ4v) is 5.57. The van der Waals surface area contributed by atoms with Crippen LogP contribution in [-0.2, 0) is 9.53 Å². The summed E-state index contributed by atoms with van der Waals surface area (Å²) in [5.41, 5.74) is 3.93. The fraction of sp³-hybridized carbons (Fsp3) is 0.379. The molecule has 0 saturated carbocycles. The average molecular weight is 549 g/mol. The van der Waals surface area contributed by atoms with Crippen LogP contribution in [0.5, 0.6) is 0 Å². The Balaban J connectivity index is 1.36. The summed E-state index contributed by atoms with van der Waals surface area (Å²) in [5, 5.41) is 8.57. The number of halogens is 1. The Morgan fingerprint density at radius 3 is 2.79 bits per heavy atom. The van der Waals surface area contributed by atoms with Crippen molar-refractivity contribution in [3.63, 3.8) is 0 Å². The van der Waals surface area contributed by atoms with Gasteiger partial charge in [-0.15, -0.1) is 0 Å². The maximum absolute atomic E-state index is 13.7. The first-order valence-electron chi connectivity index (χ1n) is 13.0. The predicted molar refractivity (Wildman–Crippen MR) is 153 cm³/mol. The number of ether oxygens (including phenoxy) is 1. The number of amides is 2. The summed E-state index contributed by atoms with van der Waals surface area (Å²) in [4.78, 5) is 40.6. The minimum absolute atomic E-state index is 0.172. The number of carbonyl (C=O) groups is 2. The lowest BCUT2D eigenvalue weighted by atomic mass is 10.0. The van der Waals surface area contributed by atoms with E-state index in [1.54, 1.807) is 24.7 Å². The number of fused-ring (bicyclic) bond motifs is 3. The van der Waals surface area contributed by atoms with Crippen LogP contribution >= 0.6 is 11.6 Å². The number of benzene rings is 1. The summed E-state index contributed by atoms with van der Waals surface area (Å²) < 4.78 is 6.05. The summed E-state index contributed by atoms with van der Waals surface area (Å²) in [5.74, 6) is -0.378. The summed E-state index contributed by atoms with van der Waals surface area (Å²) in [6, 6.07) is 6.58. The second-order valence-corrected chi connectivity index (χ2v) is 11.3. The number of H-pyrrole nitrogens is 1. The lowest BCUT2D eigenvalue weighted by molar-refractivity contribution is -0.143. The van der Waals surface area contributed by atoms with Gasteiger partial charge in [-0.2, -0.15) is 0 Å². The lowest BCUT2D eigenvalue weighted by Gasteiger charge is -2.43. The Kier molecular flexibility index (Phi) is 7.33. The number of nitrogens with zero attached hydrogens (tertiary/aromatic N) is 3. The largest absolute Gasteiger partial charge is 0.372 e. The molecule has 2 atom stereocenters. The second-order valence-electron chi connectivity index (χ2n) is 10.9. The van der Waals surface area contributed by atoms with Crippen LogP contribution in [0.4, 0.5) is 5.69 Å². The summed E-state index contributed by atoms with van der Waals surface area (Å²) in [6.45, 7) is 10.9. The smallest absolute Gasteiger partial charge is 0.253 e. The molecule has 0 aliphatic carbocycles. The summed E-state index contributed by atoms with van der Waals surface area (Å²) in [6.07, 6.45) is 5.17. The summed E-state index contributed by atoms with van der Waals surface area (Å²) >= 11 is 6.45. The third-order valence-electron chi connectivity index (χ3n) is 7.15. The van der Waals surface area contributed by atoms with Crippen LogP contribution in [0.15, 0.2) is 42.9 Å². The zero-order valence-corrected chi connectivity index (χ0v) is 23.5. The molecule has 1 saturated heterocycles. The first kappa shape index (κ1) is 27.1. The Labute approximate surface area is 232 Å². The molecular weight excluding hydrogens is 516 g/mol. The molecule has 9 nitrogen and oxygen atoms in total. The molecule has 1 aliphatic rings. The molecule has 1 fully saturated rings. The van der Waals surface area contributed by atoms with Crippen LogP contribution in [0, 0.1) is 13.8 Å². The van der Waals surface area contributed by atoms with E-state index in [9.17, 15) is 9.59 Å². The number of morpholine rings is 1. The lowest BCUT2D eigenvalue weighted by Crippen LogP contribution is -2.60. The van der Waals surface area contributed by atoms with Gasteiger partial charge in [-0.1, -0.05) is 11.6 Å². The normalized spacial score (nSPS) is 18.3. The molecule has 0 spiro atoms. The predicted octanol–water partition coefficient (Wildman–Crippen LogP) is 4.62. The highest BCUT2D eigenvalue weighted by molar-refractivity contribution is 6.33. The molecule has 0 bridgehead atoms. The molecule has 39 heavy (non-hydrogen) atoms. The van der Waals surface area contributed by atoms with E-state index >= 15 is 0 Å². The van der Waals surface area contributed by atoms with Crippen LogP contribution in [-0.4, -0.2) is 69.0 Å². The number of pyridine rings is 2. The van der Waals surface area contributed by atoms with Crippen LogP contribution in [0.2, 0.25) is 5.02 Å². The van der Waals surface area contributed by atoms with Gasteiger partial charge in [-0.05, 0) is 64.4 Å². The van der Waals surface area contributed by atoms with Crippen molar-refractivity contribution in [2.24, 2.45) is 0 Å². The molecule has 2 unspecified atom stereocenters. The second kappa shape index (κ2) is 10.6. The van der Waals surface area contributed by atoms with Crippen molar-refractivity contribution < 1.29 is 14.3 Å². The van der Waals surface area contributed by atoms with E-state index < -0.39 is 11.6 Å². The number of anilines is 1. The molecule has 1 aliphatic heterocycles. The zero-order chi connectivity index (χ0) is 27.9. The summed E-state index contributed by atoms with van der Waals surface area (Å²) in [7, 11) is 0. The number of carbonyl (C=O) groups excluding carboxylic acids is 2. The van der Waals surface area contributed by atoms with Gasteiger partial charge in [0.05, 0.1) is 46.4 Å². The number of hydrogen-bond acceptors (Lipinski definition) is 6. The van der Waals surface area contributed by atoms with Crippen LogP contribution in [0.1, 0.15) is 42.4 Å². The van der Waals surface area contributed by atoms with Gasteiger partial charge in [0.2, 0.25) is 5.91 Å². The molecule has 5 rings (SSSR count). The van der Waals surface area contributed by atoms with E-state index in [0.717, 1.165) is 27.4 Å². The first-order valence-corrected chi connectivity index (χ1v) is 13.4. The third kappa shape index (κ3) is 5.61. The number of aromatic nitrogens is 3. The van der Waals surface area contributed by atoms with Crippen molar-refractivity contribution >= 4 is 50.9 Å². The van der Waals surface area contributed by atoms with Gasteiger partial charge in [0.15, 0.2) is 0 Å². The molecule has 10 heteroatoms. The zero-order valence-electron chi connectivity index (χ0n) is 22.8. The van der Waals surface area contributed by atoms with Crippen molar-refractivity contribution in [3.05, 3.63) is 64.7 Å². The average Bonchev–Trinajstić information content (AvgIpc) is 3.22. The van der Waals surface area contributed by atoms with Crippen LogP contribution < -0.4 is 10.6 Å². The number of nitrogens with one attached hydrogen (secondary N) is 3. The van der Waals surface area contributed by atoms with Gasteiger partial charge in [0.25, 0.3) is 5.91 Å². The van der Waals surface area contributed by atoms with E-state index in [2.05, 4.69) is 30.5 Å². The highest BCUT2D eigenvalue weighted by Crippen LogP contribution is 2.33. The molecule has 3 aromatic heterocycles. The number of aromatic amines is 1. The number of aryl methyl sites for hydroxylation is 2. The Morgan fingerprint density at radius 2 is 2.03 bits per heavy atom. The van der Waals surface area contributed by atoms with E-state index in [-0.39, 0.29) is 24.5 Å². The van der Waals surface area contributed by atoms with E-state index in [1.165, 1.54) is 0 Å². The molecule has 3 N–H and O–H groups in total. The van der Waals surface area contributed by atoms with Gasteiger partial charge in [-0.3, -0.25) is 24.5 Å². The molecule has 2 amide bonds. The molecule has 4 heterocycles. The van der Waals surface area contributed by atoms with Crippen molar-refractivity contribution in [2.45, 2.75) is 52.3 Å². The maximum Gasteiger partial charge on any atom is 0.253 e. The molecular formula is C29H33ClN6O3. The van der Waals surface area contributed by atoms with Gasteiger partial charge in [0.1, 0.15) is 6.04 Å². The Hall–Kier alpha value is -3.53. The SMILES string of the molecule is Cc1ccnc(C)c1C(=O)NC(C)CN1CC(C)(C)OCC1C(=O)Nc1cc(Cl)cc2c1[nH]c1cnccc12. The van der Waals surface area contributed by atoms with Crippen LogP contribution in [0.3, 0.4) is 0 Å². The molecule has 204 valence electrons. The minimum atomic E-state index is -0.556. The highest BCUT2D eigenvalue weighted by Gasteiger charge is 2.38. The van der Waals surface area contributed by atoms with Crippen molar-refractivity contribution in [1.82, 2.24) is 25.2 Å². The van der Waals surface area contributed by atoms with Gasteiger partial charge in [-0.25, -0.2) is 0 Å². The molecule has 4 aromatic rings. The number of hydrogen-bond donors (Lipinski definition) is 3. The van der Waals surface area contributed by atoms with Gasteiger partial charge < -0.3 is 20.4 Å². The van der Waals surface area contributed by atoms with Gasteiger partial charge in [0, 0.05) is 47.3 Å². The van der Waals surface area contributed by atoms with E-state index in [0.29, 0.717) is 35.1 Å².